The highest BCUT2D eigenvalue weighted by Crippen LogP contribution is 2.35. The van der Waals surface area contributed by atoms with Gasteiger partial charge in [0.15, 0.2) is 0 Å². The molecule has 0 radical (unpaired) electrons. The zero-order chi connectivity index (χ0) is 22.1. The first kappa shape index (κ1) is 21.9. The van der Waals surface area contributed by atoms with Crippen molar-refractivity contribution in [1.29, 1.82) is 0 Å². The number of aromatic nitrogens is 1. The normalized spacial score (nSPS) is 17.1. The molecule has 1 aromatic heterocycles. The van der Waals surface area contributed by atoms with E-state index in [0.717, 1.165) is 29.2 Å². The number of anilines is 1. The van der Waals surface area contributed by atoms with Gasteiger partial charge < -0.3 is 14.4 Å². The van der Waals surface area contributed by atoms with Crippen LogP contribution in [0.15, 0.2) is 30.5 Å². The second-order valence-electron chi connectivity index (χ2n) is 9.60. The van der Waals surface area contributed by atoms with E-state index >= 15 is 0 Å². The minimum atomic E-state index is -0.588. The van der Waals surface area contributed by atoms with Crippen LogP contribution in [0.2, 0.25) is 0 Å². The van der Waals surface area contributed by atoms with Crippen LogP contribution in [0.25, 0.3) is 10.8 Å². The zero-order valence-corrected chi connectivity index (χ0v) is 18.6. The molecule has 162 valence electrons. The van der Waals surface area contributed by atoms with E-state index in [-0.39, 0.29) is 12.1 Å². The number of amides is 2. The van der Waals surface area contributed by atoms with Gasteiger partial charge in [0.05, 0.1) is 6.04 Å². The molecule has 0 saturated carbocycles. The number of likely N-dealkylation sites (tertiary alicyclic amines) is 1. The van der Waals surface area contributed by atoms with Gasteiger partial charge in [-0.25, -0.2) is 14.6 Å². The predicted octanol–water partition coefficient (Wildman–Crippen LogP) is 5.65. The average molecular weight is 414 g/mol. The summed E-state index contributed by atoms with van der Waals surface area (Å²) in [5.74, 6) is 0.448. The molecule has 0 aliphatic carbocycles. The van der Waals surface area contributed by atoms with Crippen molar-refractivity contribution in [2.24, 2.45) is 0 Å². The third-order valence-electron chi connectivity index (χ3n) is 4.67. The van der Waals surface area contributed by atoms with Crippen molar-refractivity contribution < 1.29 is 19.1 Å². The van der Waals surface area contributed by atoms with Crippen molar-refractivity contribution in [1.82, 2.24) is 9.88 Å². The van der Waals surface area contributed by atoms with Gasteiger partial charge in [-0.1, -0.05) is 12.1 Å². The Labute approximate surface area is 177 Å². The van der Waals surface area contributed by atoms with E-state index in [9.17, 15) is 9.59 Å². The third-order valence-corrected chi connectivity index (χ3v) is 4.67. The molecule has 2 aromatic rings. The molecule has 30 heavy (non-hydrogen) atoms. The Balaban J connectivity index is 1.83. The fourth-order valence-corrected chi connectivity index (χ4v) is 3.56. The van der Waals surface area contributed by atoms with E-state index < -0.39 is 17.3 Å². The Morgan fingerprint density at radius 3 is 2.43 bits per heavy atom. The molecular weight excluding hydrogens is 382 g/mol. The molecule has 1 atom stereocenters. The van der Waals surface area contributed by atoms with Crippen molar-refractivity contribution in [3.63, 3.8) is 0 Å². The maximum Gasteiger partial charge on any atom is 0.413 e. The van der Waals surface area contributed by atoms with Crippen molar-refractivity contribution in [3.05, 3.63) is 36.0 Å². The summed E-state index contributed by atoms with van der Waals surface area (Å²) in [6.45, 7) is 11.7. The maximum absolute atomic E-state index is 12.6. The number of nitrogens with one attached hydrogen (secondary N) is 1. The molecular formula is C23H31N3O4. The quantitative estimate of drug-likeness (QED) is 0.688. The van der Waals surface area contributed by atoms with Crippen LogP contribution in [0.5, 0.6) is 0 Å². The molecule has 1 aliphatic rings. The number of rotatable bonds is 2. The third kappa shape index (κ3) is 5.40. The predicted molar refractivity (Wildman–Crippen MR) is 117 cm³/mol. The Kier molecular flexibility index (Phi) is 5.92. The lowest BCUT2D eigenvalue weighted by Gasteiger charge is -2.29. The molecule has 1 aromatic carbocycles. The first-order valence-corrected chi connectivity index (χ1v) is 10.3. The molecule has 1 unspecified atom stereocenters. The number of nitrogens with zero attached hydrogens (tertiary/aromatic N) is 2. The molecule has 1 fully saturated rings. The highest BCUT2D eigenvalue weighted by atomic mass is 16.6. The van der Waals surface area contributed by atoms with E-state index in [2.05, 4.69) is 10.3 Å². The zero-order valence-electron chi connectivity index (χ0n) is 18.6. The molecule has 0 bridgehead atoms. The number of fused-ring (bicyclic) bond motifs is 1. The Bertz CT molecular complexity index is 944. The van der Waals surface area contributed by atoms with Gasteiger partial charge in [-0.15, -0.1) is 0 Å². The van der Waals surface area contributed by atoms with Crippen LogP contribution in [0.1, 0.15) is 66.0 Å². The fourth-order valence-electron chi connectivity index (χ4n) is 3.56. The molecule has 3 rings (SSSR count). The van der Waals surface area contributed by atoms with Gasteiger partial charge in [0, 0.05) is 18.1 Å². The van der Waals surface area contributed by atoms with E-state index in [4.69, 9.17) is 9.47 Å². The van der Waals surface area contributed by atoms with Crippen LogP contribution in [0.4, 0.5) is 15.4 Å². The number of carbonyl (C=O) groups excluding carboxylic acids is 2. The molecule has 1 saturated heterocycles. The van der Waals surface area contributed by atoms with Gasteiger partial charge in [-0.3, -0.25) is 5.32 Å². The van der Waals surface area contributed by atoms with Crippen LogP contribution in [0.3, 0.4) is 0 Å². The SMILES string of the molecule is CC(C)(C)OC(=O)Nc1nccc2cc(C3CCCN3C(=O)OC(C)(C)C)ccc12. The van der Waals surface area contributed by atoms with E-state index in [1.807, 2.05) is 65.8 Å². The fraction of sp³-hybridized carbons (Fsp3) is 0.522. The summed E-state index contributed by atoms with van der Waals surface area (Å²) in [6, 6.07) is 7.82. The number of carbonyl (C=O) groups is 2. The summed E-state index contributed by atoms with van der Waals surface area (Å²) < 4.78 is 10.9. The molecule has 7 heteroatoms. The van der Waals surface area contributed by atoms with Crippen molar-refractivity contribution in [2.75, 3.05) is 11.9 Å². The molecule has 7 nitrogen and oxygen atoms in total. The Hall–Kier alpha value is -2.83. The largest absolute Gasteiger partial charge is 0.444 e. The number of benzene rings is 1. The Morgan fingerprint density at radius 1 is 1.07 bits per heavy atom. The van der Waals surface area contributed by atoms with Crippen LogP contribution >= 0.6 is 0 Å². The first-order valence-electron chi connectivity index (χ1n) is 10.3. The number of pyridine rings is 1. The molecule has 1 aliphatic heterocycles. The monoisotopic (exact) mass is 413 g/mol. The second kappa shape index (κ2) is 8.13. The van der Waals surface area contributed by atoms with Crippen LogP contribution in [0, 0.1) is 0 Å². The maximum atomic E-state index is 12.6. The highest BCUT2D eigenvalue weighted by Gasteiger charge is 2.33. The topological polar surface area (TPSA) is 80.8 Å². The standard InChI is InChI=1S/C23H31N3O4/c1-22(2,3)29-20(27)25-19-17-10-9-16(14-15(17)11-12-24-19)18-8-7-13-26(18)21(28)30-23(4,5)6/h9-12,14,18H,7-8,13H2,1-6H3,(H,24,25,27). The van der Waals surface area contributed by atoms with Crippen LogP contribution < -0.4 is 5.32 Å². The minimum Gasteiger partial charge on any atom is -0.444 e. The van der Waals surface area contributed by atoms with Crippen LogP contribution in [-0.4, -0.2) is 39.8 Å². The number of hydrogen-bond donors (Lipinski definition) is 1. The van der Waals surface area contributed by atoms with Crippen molar-refractivity contribution in [3.8, 4) is 0 Å². The summed E-state index contributed by atoms with van der Waals surface area (Å²) in [4.78, 5) is 30.9. The van der Waals surface area contributed by atoms with E-state index in [1.54, 1.807) is 11.1 Å². The summed E-state index contributed by atoms with van der Waals surface area (Å²) in [7, 11) is 0. The number of hydrogen-bond acceptors (Lipinski definition) is 5. The summed E-state index contributed by atoms with van der Waals surface area (Å²) >= 11 is 0. The van der Waals surface area contributed by atoms with Crippen molar-refractivity contribution >= 4 is 28.8 Å². The lowest BCUT2D eigenvalue weighted by Crippen LogP contribution is -2.36. The van der Waals surface area contributed by atoms with E-state index in [1.165, 1.54) is 0 Å². The van der Waals surface area contributed by atoms with Crippen LogP contribution in [-0.2, 0) is 9.47 Å². The van der Waals surface area contributed by atoms with E-state index in [0.29, 0.717) is 12.4 Å². The lowest BCUT2D eigenvalue weighted by molar-refractivity contribution is 0.0224. The Morgan fingerprint density at radius 2 is 1.77 bits per heavy atom. The highest BCUT2D eigenvalue weighted by molar-refractivity contribution is 5.98. The van der Waals surface area contributed by atoms with Gasteiger partial charge in [0.2, 0.25) is 0 Å². The second-order valence-corrected chi connectivity index (χ2v) is 9.60. The number of ether oxygens (including phenoxy) is 2. The van der Waals surface area contributed by atoms with Gasteiger partial charge >= 0.3 is 12.2 Å². The smallest absolute Gasteiger partial charge is 0.413 e. The summed E-state index contributed by atoms with van der Waals surface area (Å²) in [5.41, 5.74) is -0.0722. The van der Waals surface area contributed by atoms with Crippen molar-refractivity contribution in [2.45, 2.75) is 71.6 Å². The van der Waals surface area contributed by atoms with Gasteiger partial charge in [0.1, 0.15) is 17.0 Å². The van der Waals surface area contributed by atoms with Gasteiger partial charge in [-0.05, 0) is 77.5 Å². The molecule has 0 spiro atoms. The summed E-state index contributed by atoms with van der Waals surface area (Å²) in [6.07, 6.45) is 2.65. The molecule has 1 N–H and O–H groups in total. The summed E-state index contributed by atoms with van der Waals surface area (Å²) in [5, 5.41) is 4.48. The average Bonchev–Trinajstić information content (AvgIpc) is 3.08. The van der Waals surface area contributed by atoms with Gasteiger partial charge in [-0.2, -0.15) is 0 Å². The molecule has 2 amide bonds. The van der Waals surface area contributed by atoms with Gasteiger partial charge in [0.25, 0.3) is 0 Å². The first-order chi connectivity index (χ1) is 13.9. The minimum absolute atomic E-state index is 0.0281. The lowest BCUT2D eigenvalue weighted by atomic mass is 10.0. The molecule has 2 heterocycles.